The van der Waals surface area contributed by atoms with Crippen molar-refractivity contribution < 1.29 is 14.5 Å². The van der Waals surface area contributed by atoms with Gasteiger partial charge in [-0.15, -0.1) is 0 Å². The molecule has 0 aliphatic rings. The van der Waals surface area contributed by atoms with Crippen molar-refractivity contribution in [1.82, 2.24) is 0 Å². The van der Waals surface area contributed by atoms with Gasteiger partial charge >= 0.3 is 4.45 Å². The predicted octanol–water partition coefficient (Wildman–Crippen LogP) is 5.58. The van der Waals surface area contributed by atoms with Gasteiger partial charge in [0.1, 0.15) is 5.75 Å². The lowest BCUT2D eigenvalue weighted by Crippen LogP contribution is -2.37. The highest BCUT2D eigenvalue weighted by Gasteiger charge is 2.51. The maximum Gasteiger partial charge on any atom is 0.306 e. The van der Waals surface area contributed by atoms with Crippen LogP contribution in [0, 0.1) is 10.1 Å². The zero-order valence-corrected chi connectivity index (χ0v) is 17.4. The second-order valence-electron chi connectivity index (χ2n) is 6.62. The third-order valence-electron chi connectivity index (χ3n) is 4.91. The number of carbonyl (C=O) groups is 1. The Balaban J connectivity index is 2.04. The quantitative estimate of drug-likeness (QED) is 0.147. The van der Waals surface area contributed by atoms with E-state index in [1.807, 2.05) is 30.3 Å². The molecule has 0 bridgehead atoms. The lowest BCUT2D eigenvalue weighted by molar-refractivity contribution is -0.548. The van der Waals surface area contributed by atoms with Crippen LogP contribution in [0.2, 0.25) is 0 Å². The van der Waals surface area contributed by atoms with E-state index < -0.39 is 10.4 Å². The normalized spacial score (nSPS) is 13.9. The van der Waals surface area contributed by atoms with Crippen LogP contribution in [-0.2, 0) is 4.45 Å². The van der Waals surface area contributed by atoms with E-state index in [1.165, 1.54) is 0 Å². The molecule has 0 aliphatic carbocycles. The number of Topliss-reactive ketones (excluding diaryl/α,β-unsaturated/α-hetero) is 1. The van der Waals surface area contributed by atoms with Crippen LogP contribution in [0.5, 0.6) is 5.75 Å². The molecular weight excluding hydrogens is 434 g/mol. The smallest absolute Gasteiger partial charge is 0.306 e. The number of nitro groups is 1. The topological polar surface area (TPSA) is 69.4 Å². The Hall–Kier alpha value is -2.99. The number of ketones is 1. The summed E-state index contributed by atoms with van der Waals surface area (Å²) in [6.45, 7) is 0. The number of methoxy groups -OCH3 is 1. The second kappa shape index (κ2) is 9.01. The fourth-order valence-electron chi connectivity index (χ4n) is 3.35. The van der Waals surface area contributed by atoms with E-state index in [2.05, 4.69) is 15.9 Å². The van der Waals surface area contributed by atoms with Crippen molar-refractivity contribution in [2.75, 3.05) is 7.11 Å². The molecule has 6 heteroatoms. The highest BCUT2D eigenvalue weighted by molar-refractivity contribution is 9.09. The van der Waals surface area contributed by atoms with E-state index in [4.69, 9.17) is 4.74 Å². The van der Waals surface area contributed by atoms with Gasteiger partial charge in [-0.3, -0.25) is 14.9 Å². The average molecular weight is 454 g/mol. The zero-order valence-electron chi connectivity index (χ0n) is 15.8. The lowest BCUT2D eigenvalue weighted by atomic mass is 9.82. The predicted molar refractivity (Wildman–Crippen MR) is 115 cm³/mol. The minimum Gasteiger partial charge on any atom is -0.497 e. The van der Waals surface area contributed by atoms with Crippen LogP contribution in [0.25, 0.3) is 0 Å². The Morgan fingerprint density at radius 1 is 1.00 bits per heavy atom. The van der Waals surface area contributed by atoms with E-state index >= 15 is 0 Å². The fraction of sp³-hybridized carbons (Fsp3) is 0.174. The SMILES string of the molecule is COc1ccc(C(=O)CC(c2ccccc2)C(Br)(c2ccccc2)[N+](=O)[O-])cc1. The molecule has 3 rings (SSSR count). The van der Waals surface area contributed by atoms with E-state index in [0.717, 1.165) is 0 Å². The van der Waals surface area contributed by atoms with E-state index in [0.29, 0.717) is 22.4 Å². The van der Waals surface area contributed by atoms with Crippen LogP contribution in [0.3, 0.4) is 0 Å². The van der Waals surface area contributed by atoms with Crippen molar-refractivity contribution in [1.29, 1.82) is 0 Å². The van der Waals surface area contributed by atoms with Gasteiger partial charge in [0.2, 0.25) is 0 Å². The Morgan fingerprint density at radius 3 is 2.07 bits per heavy atom. The van der Waals surface area contributed by atoms with Crippen LogP contribution >= 0.6 is 15.9 Å². The van der Waals surface area contributed by atoms with Crippen molar-refractivity contribution >= 4 is 21.7 Å². The van der Waals surface area contributed by atoms with Gasteiger partial charge in [0, 0.05) is 38.4 Å². The van der Waals surface area contributed by atoms with Crippen LogP contribution in [0.1, 0.15) is 33.8 Å². The molecule has 0 radical (unpaired) electrons. The van der Waals surface area contributed by atoms with Gasteiger partial charge in [0.15, 0.2) is 5.78 Å². The van der Waals surface area contributed by atoms with Crippen LogP contribution in [0.15, 0.2) is 84.9 Å². The molecule has 0 heterocycles. The summed E-state index contributed by atoms with van der Waals surface area (Å²) in [5.74, 6) is -0.246. The summed E-state index contributed by atoms with van der Waals surface area (Å²) in [4.78, 5) is 25.0. The zero-order chi connectivity index (χ0) is 20.9. The highest BCUT2D eigenvalue weighted by atomic mass is 79.9. The van der Waals surface area contributed by atoms with Gasteiger partial charge in [0.25, 0.3) is 0 Å². The number of rotatable bonds is 8. The molecule has 0 N–H and O–H groups in total. The molecule has 2 atom stereocenters. The first-order valence-corrected chi connectivity index (χ1v) is 9.87. The summed E-state index contributed by atoms with van der Waals surface area (Å²) < 4.78 is 3.49. The second-order valence-corrected chi connectivity index (χ2v) is 7.82. The first-order chi connectivity index (χ1) is 14.0. The maximum absolute atomic E-state index is 13.0. The molecule has 0 aromatic heterocycles. The molecule has 0 saturated carbocycles. The Kier molecular flexibility index (Phi) is 6.44. The standard InChI is InChI=1S/C23H20BrNO4/c1-29-20-14-12-18(13-15-20)22(26)16-21(17-8-4-2-5-9-17)23(24,25(27)28)19-10-6-3-7-11-19/h2-15,21H,16H2,1H3. The van der Waals surface area contributed by atoms with Gasteiger partial charge in [-0.25, -0.2) is 0 Å². The minimum atomic E-state index is -1.64. The van der Waals surface area contributed by atoms with E-state index in [1.54, 1.807) is 61.7 Å². The van der Waals surface area contributed by atoms with Crippen LogP contribution in [-0.4, -0.2) is 17.8 Å². The number of benzene rings is 3. The lowest BCUT2D eigenvalue weighted by Gasteiger charge is -2.29. The Morgan fingerprint density at radius 2 is 1.55 bits per heavy atom. The van der Waals surface area contributed by atoms with Crippen molar-refractivity contribution in [3.05, 3.63) is 112 Å². The van der Waals surface area contributed by atoms with E-state index in [9.17, 15) is 14.9 Å². The number of halogens is 1. The molecular formula is C23H20BrNO4. The molecule has 148 valence electrons. The molecule has 5 nitrogen and oxygen atoms in total. The third kappa shape index (κ3) is 4.38. The number of alkyl halides is 1. The maximum atomic E-state index is 13.0. The average Bonchev–Trinajstić information content (AvgIpc) is 2.78. The molecule has 0 spiro atoms. The largest absolute Gasteiger partial charge is 0.497 e. The Labute approximate surface area is 177 Å². The van der Waals surface area contributed by atoms with Gasteiger partial charge in [-0.2, -0.15) is 0 Å². The summed E-state index contributed by atoms with van der Waals surface area (Å²) in [6, 6.07) is 24.6. The van der Waals surface area contributed by atoms with E-state index in [-0.39, 0.29) is 17.1 Å². The molecule has 0 amide bonds. The summed E-state index contributed by atoms with van der Waals surface area (Å²) in [5, 5.41) is 12.3. The molecule has 3 aromatic rings. The van der Waals surface area contributed by atoms with Crippen molar-refractivity contribution in [3.8, 4) is 5.75 Å². The van der Waals surface area contributed by atoms with Crippen molar-refractivity contribution in [2.24, 2.45) is 0 Å². The van der Waals surface area contributed by atoms with Crippen molar-refractivity contribution in [3.63, 3.8) is 0 Å². The molecule has 0 fully saturated rings. The number of ether oxygens (including phenoxy) is 1. The monoisotopic (exact) mass is 453 g/mol. The first kappa shape index (κ1) is 20.7. The Bertz CT molecular complexity index is 977. The van der Waals surface area contributed by atoms with Gasteiger partial charge in [-0.05, 0) is 29.8 Å². The summed E-state index contributed by atoms with van der Waals surface area (Å²) in [7, 11) is 1.55. The summed E-state index contributed by atoms with van der Waals surface area (Å²) in [6.07, 6.45) is -0.0303. The third-order valence-corrected chi connectivity index (χ3v) is 6.21. The molecule has 2 unspecified atom stereocenters. The van der Waals surface area contributed by atoms with Crippen LogP contribution < -0.4 is 4.74 Å². The van der Waals surface area contributed by atoms with Gasteiger partial charge < -0.3 is 4.74 Å². The fourth-order valence-corrected chi connectivity index (χ4v) is 4.04. The number of hydrogen-bond acceptors (Lipinski definition) is 4. The molecule has 3 aromatic carbocycles. The number of nitrogens with zero attached hydrogens (tertiary/aromatic N) is 1. The summed E-state index contributed by atoms with van der Waals surface area (Å²) >= 11 is 3.41. The summed E-state index contributed by atoms with van der Waals surface area (Å²) in [5.41, 5.74) is 1.69. The van der Waals surface area contributed by atoms with Crippen LogP contribution in [0.4, 0.5) is 0 Å². The number of hydrogen-bond donors (Lipinski definition) is 0. The van der Waals surface area contributed by atoms with Crippen molar-refractivity contribution in [2.45, 2.75) is 16.8 Å². The number of carbonyl (C=O) groups excluding carboxylic acids is 1. The highest BCUT2D eigenvalue weighted by Crippen LogP contribution is 2.47. The van der Waals surface area contributed by atoms with Gasteiger partial charge in [0.05, 0.1) is 13.0 Å². The molecule has 0 saturated heterocycles. The minimum absolute atomic E-state index is 0.0303. The molecule has 0 aliphatic heterocycles. The molecule has 29 heavy (non-hydrogen) atoms. The first-order valence-electron chi connectivity index (χ1n) is 9.08. The van der Waals surface area contributed by atoms with Gasteiger partial charge in [-0.1, -0.05) is 60.7 Å².